The van der Waals surface area contributed by atoms with Crippen molar-refractivity contribution in [3.05, 3.63) is 46.4 Å². The van der Waals surface area contributed by atoms with Crippen molar-refractivity contribution in [2.45, 2.75) is 38.3 Å². The Hall–Kier alpha value is -0.900. The molecule has 1 saturated heterocycles. The third-order valence-electron chi connectivity index (χ3n) is 4.19. The molecule has 2 atom stereocenters. The van der Waals surface area contributed by atoms with Gasteiger partial charge in [-0.3, -0.25) is 0 Å². The molecule has 0 aliphatic carbocycles. The first kappa shape index (κ1) is 15.0. The van der Waals surface area contributed by atoms with Crippen molar-refractivity contribution in [1.82, 2.24) is 5.32 Å². The van der Waals surface area contributed by atoms with Crippen LogP contribution in [-0.4, -0.2) is 19.3 Å². The molecule has 0 bridgehead atoms. The lowest BCUT2D eigenvalue weighted by molar-refractivity contribution is 0.0787. The van der Waals surface area contributed by atoms with E-state index >= 15 is 0 Å². The van der Waals surface area contributed by atoms with Crippen LogP contribution in [-0.2, 0) is 4.74 Å². The first-order valence-corrected chi connectivity index (χ1v) is 8.62. The van der Waals surface area contributed by atoms with Gasteiger partial charge in [-0.2, -0.15) is 0 Å². The molecule has 112 valence electrons. The molecule has 3 heteroatoms. The van der Waals surface area contributed by atoms with Gasteiger partial charge in [-0.05, 0) is 48.2 Å². The molecule has 0 spiro atoms. The maximum atomic E-state index is 5.97. The summed E-state index contributed by atoms with van der Waals surface area (Å²) in [6.45, 7) is 4.12. The molecule has 2 aromatic carbocycles. The second-order valence-electron chi connectivity index (χ2n) is 5.67. The highest BCUT2D eigenvalue weighted by Crippen LogP contribution is 2.34. The molecule has 0 radical (unpaired) electrons. The number of rotatable bonds is 5. The predicted molar refractivity (Wildman–Crippen MR) is 91.7 cm³/mol. The fourth-order valence-corrected chi connectivity index (χ4v) is 3.64. The van der Waals surface area contributed by atoms with Crippen molar-refractivity contribution in [2.75, 3.05) is 13.2 Å². The lowest BCUT2D eigenvalue weighted by Gasteiger charge is -2.26. The lowest BCUT2D eigenvalue weighted by atomic mass is 9.94. The van der Waals surface area contributed by atoms with E-state index in [9.17, 15) is 0 Å². The number of ether oxygens (including phenoxy) is 1. The highest BCUT2D eigenvalue weighted by molar-refractivity contribution is 9.10. The van der Waals surface area contributed by atoms with E-state index in [-0.39, 0.29) is 6.04 Å². The van der Waals surface area contributed by atoms with Gasteiger partial charge in [-0.1, -0.05) is 53.2 Å². The Balaban J connectivity index is 2.03. The van der Waals surface area contributed by atoms with Crippen LogP contribution in [0.1, 0.15) is 37.8 Å². The van der Waals surface area contributed by atoms with Gasteiger partial charge in [0.1, 0.15) is 0 Å². The molecular weight excluding hydrogens is 326 g/mol. The average Bonchev–Trinajstić information content (AvgIpc) is 3.04. The van der Waals surface area contributed by atoms with E-state index in [1.165, 1.54) is 22.8 Å². The number of halogens is 1. The van der Waals surface area contributed by atoms with Crippen LogP contribution in [0, 0.1) is 0 Å². The zero-order valence-corrected chi connectivity index (χ0v) is 14.0. The number of hydrogen-bond acceptors (Lipinski definition) is 2. The van der Waals surface area contributed by atoms with E-state index in [4.69, 9.17) is 4.74 Å². The van der Waals surface area contributed by atoms with Crippen LogP contribution in [0.3, 0.4) is 0 Å². The Kier molecular flexibility index (Phi) is 4.94. The van der Waals surface area contributed by atoms with Gasteiger partial charge in [0, 0.05) is 11.1 Å². The highest BCUT2D eigenvalue weighted by atomic mass is 79.9. The zero-order valence-electron chi connectivity index (χ0n) is 12.4. The van der Waals surface area contributed by atoms with Crippen molar-refractivity contribution in [3.63, 3.8) is 0 Å². The van der Waals surface area contributed by atoms with Gasteiger partial charge in [0.25, 0.3) is 0 Å². The molecule has 0 saturated carbocycles. The Morgan fingerprint density at radius 3 is 2.76 bits per heavy atom. The van der Waals surface area contributed by atoms with Crippen LogP contribution >= 0.6 is 15.9 Å². The van der Waals surface area contributed by atoms with Crippen LogP contribution in [0.4, 0.5) is 0 Å². The largest absolute Gasteiger partial charge is 0.376 e. The molecule has 21 heavy (non-hydrogen) atoms. The maximum absolute atomic E-state index is 5.97. The van der Waals surface area contributed by atoms with E-state index in [2.05, 4.69) is 64.6 Å². The normalized spacial score (nSPS) is 20.0. The van der Waals surface area contributed by atoms with Gasteiger partial charge < -0.3 is 10.1 Å². The van der Waals surface area contributed by atoms with Gasteiger partial charge in [0.2, 0.25) is 0 Å². The Labute approximate surface area is 135 Å². The van der Waals surface area contributed by atoms with Crippen molar-refractivity contribution >= 4 is 26.7 Å². The molecule has 0 aromatic heterocycles. The number of hydrogen-bond donors (Lipinski definition) is 1. The molecule has 0 amide bonds. The molecule has 1 fully saturated rings. The summed E-state index contributed by atoms with van der Waals surface area (Å²) in [5.41, 5.74) is 1.36. The van der Waals surface area contributed by atoms with E-state index in [0.717, 1.165) is 30.5 Å². The summed E-state index contributed by atoms with van der Waals surface area (Å²) in [4.78, 5) is 0. The van der Waals surface area contributed by atoms with E-state index in [1.807, 2.05) is 0 Å². The Bertz CT molecular complexity index is 607. The average molecular weight is 348 g/mol. The van der Waals surface area contributed by atoms with Crippen LogP contribution < -0.4 is 5.32 Å². The van der Waals surface area contributed by atoms with Crippen LogP contribution in [0.25, 0.3) is 10.8 Å². The number of nitrogens with one attached hydrogen (secondary N) is 1. The van der Waals surface area contributed by atoms with Gasteiger partial charge >= 0.3 is 0 Å². The predicted octanol–water partition coefficient (Wildman–Crippen LogP) is 4.82. The summed E-state index contributed by atoms with van der Waals surface area (Å²) in [6.07, 6.45) is 3.74. The molecule has 1 heterocycles. The van der Waals surface area contributed by atoms with Crippen LogP contribution in [0.5, 0.6) is 0 Å². The maximum Gasteiger partial charge on any atom is 0.0770 e. The summed E-state index contributed by atoms with van der Waals surface area (Å²) in [5, 5.41) is 6.29. The van der Waals surface area contributed by atoms with Gasteiger partial charge in [-0.25, -0.2) is 0 Å². The second kappa shape index (κ2) is 6.91. The van der Waals surface area contributed by atoms with E-state index in [0.29, 0.717) is 6.10 Å². The van der Waals surface area contributed by atoms with Crippen molar-refractivity contribution in [1.29, 1.82) is 0 Å². The summed E-state index contributed by atoms with van der Waals surface area (Å²) in [7, 11) is 0. The van der Waals surface area contributed by atoms with Crippen LogP contribution in [0.15, 0.2) is 40.9 Å². The Morgan fingerprint density at radius 1 is 1.24 bits per heavy atom. The minimum absolute atomic E-state index is 0.283. The third-order valence-corrected chi connectivity index (χ3v) is 4.88. The third kappa shape index (κ3) is 3.15. The summed E-state index contributed by atoms with van der Waals surface area (Å²) >= 11 is 3.66. The summed E-state index contributed by atoms with van der Waals surface area (Å²) in [5.74, 6) is 0. The molecule has 1 aliphatic rings. The van der Waals surface area contributed by atoms with Gasteiger partial charge in [0.05, 0.1) is 12.1 Å². The van der Waals surface area contributed by atoms with Crippen molar-refractivity contribution < 1.29 is 4.74 Å². The van der Waals surface area contributed by atoms with Crippen LogP contribution in [0.2, 0.25) is 0 Å². The van der Waals surface area contributed by atoms with Gasteiger partial charge in [-0.15, -0.1) is 0 Å². The quantitative estimate of drug-likeness (QED) is 0.836. The summed E-state index contributed by atoms with van der Waals surface area (Å²) < 4.78 is 7.13. The number of benzene rings is 2. The molecule has 3 rings (SSSR count). The molecule has 2 aromatic rings. The molecule has 2 nitrogen and oxygen atoms in total. The zero-order chi connectivity index (χ0) is 14.7. The number of fused-ring (bicyclic) bond motifs is 1. The lowest BCUT2D eigenvalue weighted by Crippen LogP contribution is -2.32. The van der Waals surface area contributed by atoms with E-state index < -0.39 is 0 Å². The molecule has 1 N–H and O–H groups in total. The monoisotopic (exact) mass is 347 g/mol. The second-order valence-corrected chi connectivity index (χ2v) is 6.52. The summed E-state index contributed by atoms with van der Waals surface area (Å²) in [6, 6.07) is 13.3. The fraction of sp³-hybridized carbons (Fsp3) is 0.444. The van der Waals surface area contributed by atoms with E-state index in [1.54, 1.807) is 0 Å². The van der Waals surface area contributed by atoms with Gasteiger partial charge in [0.15, 0.2) is 0 Å². The smallest absolute Gasteiger partial charge is 0.0770 e. The highest BCUT2D eigenvalue weighted by Gasteiger charge is 2.28. The standard InChI is InChI=1S/C18H22BrNO/c1-2-11-20-18(17-8-5-12-21-17)15-9-10-16(19)14-7-4-3-6-13(14)15/h3-4,6-7,9-10,17-18,20H,2,5,8,11-12H2,1H3. The minimum atomic E-state index is 0.283. The fourth-order valence-electron chi connectivity index (χ4n) is 3.16. The van der Waals surface area contributed by atoms with Crippen molar-refractivity contribution in [3.8, 4) is 0 Å². The topological polar surface area (TPSA) is 21.3 Å². The van der Waals surface area contributed by atoms with Crippen molar-refractivity contribution in [2.24, 2.45) is 0 Å². The SMILES string of the molecule is CCCNC(c1ccc(Br)c2ccccc12)C1CCCO1. The molecule has 1 aliphatic heterocycles. The molecular formula is C18H22BrNO. The molecule has 2 unspecified atom stereocenters. The Morgan fingerprint density at radius 2 is 2.05 bits per heavy atom. The first-order chi connectivity index (χ1) is 10.3. The minimum Gasteiger partial charge on any atom is -0.376 e. The first-order valence-electron chi connectivity index (χ1n) is 7.83.